The summed E-state index contributed by atoms with van der Waals surface area (Å²) in [6, 6.07) is 10.6. The molecule has 1 aliphatic rings. The molecule has 34 heavy (non-hydrogen) atoms. The summed E-state index contributed by atoms with van der Waals surface area (Å²) in [6.07, 6.45) is -1.68. The predicted molar refractivity (Wildman–Crippen MR) is 113 cm³/mol. The van der Waals surface area contributed by atoms with Gasteiger partial charge in [-0.2, -0.15) is 18.2 Å². The van der Waals surface area contributed by atoms with Gasteiger partial charge in [-0.15, -0.1) is 0 Å². The monoisotopic (exact) mass is 470 g/mol. The van der Waals surface area contributed by atoms with Gasteiger partial charge in [-0.25, -0.2) is 4.98 Å². The molecule has 12 heteroatoms. The SMILES string of the molecule is Cc1ccc(-c2noc(C3CN(C(=O)C(F)(F)F)C3)n2)cc1NC(=O)c1cnc2ccccn12. The second-order valence-electron chi connectivity index (χ2n) is 7.92. The third kappa shape index (κ3) is 3.87. The Hall–Kier alpha value is -4.22. The van der Waals surface area contributed by atoms with Gasteiger partial charge in [0.2, 0.25) is 11.7 Å². The molecule has 0 saturated carbocycles. The summed E-state index contributed by atoms with van der Waals surface area (Å²) < 4.78 is 44.5. The number of alkyl halides is 3. The lowest BCUT2D eigenvalue weighted by Gasteiger charge is -2.37. The number of amides is 2. The lowest BCUT2D eigenvalue weighted by atomic mass is 10.00. The van der Waals surface area contributed by atoms with Crippen LogP contribution >= 0.6 is 0 Å². The highest BCUT2D eigenvalue weighted by Crippen LogP contribution is 2.32. The largest absolute Gasteiger partial charge is 0.471 e. The summed E-state index contributed by atoms with van der Waals surface area (Å²) in [7, 11) is 0. The van der Waals surface area contributed by atoms with Gasteiger partial charge in [0, 0.05) is 30.5 Å². The fourth-order valence-electron chi connectivity index (χ4n) is 3.68. The van der Waals surface area contributed by atoms with E-state index in [2.05, 4.69) is 20.4 Å². The molecule has 4 aromatic rings. The maximum absolute atomic E-state index is 12.9. The molecule has 1 fully saturated rings. The molecule has 0 atom stereocenters. The van der Waals surface area contributed by atoms with Crippen molar-refractivity contribution in [3.05, 3.63) is 65.9 Å². The first kappa shape index (κ1) is 21.6. The molecular weight excluding hydrogens is 453 g/mol. The van der Waals surface area contributed by atoms with Gasteiger partial charge < -0.3 is 14.7 Å². The quantitative estimate of drug-likeness (QED) is 0.490. The summed E-state index contributed by atoms with van der Waals surface area (Å²) in [4.78, 5) is 33.3. The Morgan fingerprint density at radius 1 is 1.18 bits per heavy atom. The van der Waals surface area contributed by atoms with E-state index >= 15 is 0 Å². The molecule has 5 rings (SSSR count). The minimum Gasteiger partial charge on any atom is -0.339 e. The van der Waals surface area contributed by atoms with Crippen molar-refractivity contribution >= 4 is 23.1 Å². The smallest absolute Gasteiger partial charge is 0.339 e. The Morgan fingerprint density at radius 2 is 1.97 bits per heavy atom. The molecule has 174 valence electrons. The van der Waals surface area contributed by atoms with Gasteiger partial charge in [-0.1, -0.05) is 23.4 Å². The van der Waals surface area contributed by atoms with E-state index in [9.17, 15) is 22.8 Å². The molecule has 2 amide bonds. The summed E-state index contributed by atoms with van der Waals surface area (Å²) in [5.41, 5.74) is 2.89. The number of carbonyl (C=O) groups is 2. The molecule has 4 heterocycles. The van der Waals surface area contributed by atoms with Crippen molar-refractivity contribution in [3.63, 3.8) is 0 Å². The van der Waals surface area contributed by atoms with Gasteiger partial charge in [-0.05, 0) is 30.7 Å². The van der Waals surface area contributed by atoms with E-state index in [0.29, 0.717) is 27.5 Å². The molecule has 1 N–H and O–H groups in total. The molecule has 3 aromatic heterocycles. The summed E-state index contributed by atoms with van der Waals surface area (Å²) in [6.45, 7) is 1.54. The van der Waals surface area contributed by atoms with Crippen LogP contribution in [0.25, 0.3) is 17.0 Å². The van der Waals surface area contributed by atoms with E-state index in [4.69, 9.17) is 4.52 Å². The molecule has 0 radical (unpaired) electrons. The van der Waals surface area contributed by atoms with Gasteiger partial charge in [0.1, 0.15) is 11.3 Å². The molecule has 0 bridgehead atoms. The lowest BCUT2D eigenvalue weighted by molar-refractivity contribution is -0.190. The van der Waals surface area contributed by atoms with Gasteiger partial charge in [0.25, 0.3) is 5.91 Å². The van der Waals surface area contributed by atoms with Crippen LogP contribution in [0, 0.1) is 6.92 Å². The van der Waals surface area contributed by atoms with Crippen molar-refractivity contribution in [2.24, 2.45) is 0 Å². The Balaban J connectivity index is 1.31. The van der Waals surface area contributed by atoms with Crippen LogP contribution in [-0.2, 0) is 4.79 Å². The zero-order chi connectivity index (χ0) is 24.0. The van der Waals surface area contributed by atoms with Crippen molar-refractivity contribution in [2.45, 2.75) is 19.0 Å². The minimum absolute atomic E-state index is 0.144. The topological polar surface area (TPSA) is 106 Å². The first-order valence-corrected chi connectivity index (χ1v) is 10.2. The Labute approximate surface area is 190 Å². The van der Waals surface area contributed by atoms with Crippen molar-refractivity contribution in [2.75, 3.05) is 18.4 Å². The molecule has 1 aromatic carbocycles. The maximum Gasteiger partial charge on any atom is 0.471 e. The van der Waals surface area contributed by atoms with Crippen LogP contribution in [0.15, 0.2) is 53.3 Å². The standard InChI is InChI=1S/C22H17F3N6O3/c1-12-5-6-13(8-15(12)27-19(32)16-9-26-17-4-2-3-7-31(16)17)18-28-20(34-29-18)14-10-30(11-14)21(33)22(23,24)25/h2-9,14H,10-11H2,1H3,(H,27,32). The molecule has 1 saturated heterocycles. The molecule has 0 aliphatic carbocycles. The van der Waals surface area contributed by atoms with Crippen molar-refractivity contribution < 1.29 is 27.3 Å². The van der Waals surface area contributed by atoms with E-state index in [0.717, 1.165) is 5.56 Å². The first-order valence-electron chi connectivity index (χ1n) is 10.2. The number of aryl methyl sites for hydroxylation is 1. The normalized spacial score (nSPS) is 14.3. The third-order valence-corrected chi connectivity index (χ3v) is 5.60. The summed E-state index contributed by atoms with van der Waals surface area (Å²) >= 11 is 0. The molecule has 0 unspecified atom stereocenters. The van der Waals surface area contributed by atoms with Crippen molar-refractivity contribution in [3.8, 4) is 11.4 Å². The predicted octanol–water partition coefficient (Wildman–Crippen LogP) is 3.43. The summed E-state index contributed by atoms with van der Waals surface area (Å²) in [5, 5.41) is 6.77. The number of pyridine rings is 1. The van der Waals surface area contributed by atoms with Gasteiger partial charge >= 0.3 is 12.1 Å². The Morgan fingerprint density at radius 3 is 2.74 bits per heavy atom. The van der Waals surface area contributed by atoms with E-state index in [1.807, 2.05) is 13.0 Å². The third-order valence-electron chi connectivity index (χ3n) is 5.60. The molecular formula is C22H17F3N6O3. The number of rotatable bonds is 4. The highest BCUT2D eigenvalue weighted by molar-refractivity contribution is 6.04. The van der Waals surface area contributed by atoms with E-state index in [-0.39, 0.29) is 30.7 Å². The van der Waals surface area contributed by atoms with Gasteiger partial charge in [-0.3, -0.25) is 14.0 Å². The zero-order valence-electron chi connectivity index (χ0n) is 17.7. The molecule has 9 nitrogen and oxygen atoms in total. The number of likely N-dealkylation sites (tertiary alicyclic amines) is 1. The highest BCUT2D eigenvalue weighted by atomic mass is 19.4. The second-order valence-corrected chi connectivity index (χ2v) is 7.92. The van der Waals surface area contributed by atoms with Crippen LogP contribution in [0.3, 0.4) is 0 Å². The van der Waals surface area contributed by atoms with E-state index < -0.39 is 18.0 Å². The van der Waals surface area contributed by atoms with Crippen LogP contribution in [0.2, 0.25) is 0 Å². The number of hydrogen-bond acceptors (Lipinski definition) is 6. The minimum atomic E-state index is -4.91. The number of halogens is 3. The van der Waals surface area contributed by atoms with Crippen LogP contribution < -0.4 is 5.32 Å². The van der Waals surface area contributed by atoms with E-state index in [1.54, 1.807) is 40.9 Å². The van der Waals surface area contributed by atoms with Crippen LogP contribution in [0.4, 0.5) is 18.9 Å². The number of carbonyl (C=O) groups excluding carboxylic acids is 2. The number of nitrogens with zero attached hydrogens (tertiary/aromatic N) is 5. The van der Waals surface area contributed by atoms with Gasteiger partial charge in [0.15, 0.2) is 0 Å². The number of benzene rings is 1. The fourth-order valence-corrected chi connectivity index (χ4v) is 3.68. The number of aromatic nitrogens is 4. The molecule has 0 spiro atoms. The van der Waals surface area contributed by atoms with Crippen LogP contribution in [0.5, 0.6) is 0 Å². The Kier molecular flexibility index (Phi) is 5.07. The second kappa shape index (κ2) is 7.97. The number of hydrogen-bond donors (Lipinski definition) is 1. The fraction of sp³-hybridized carbons (Fsp3) is 0.227. The average molecular weight is 470 g/mol. The lowest BCUT2D eigenvalue weighted by Crippen LogP contribution is -2.53. The number of anilines is 1. The molecule has 1 aliphatic heterocycles. The Bertz CT molecular complexity index is 1400. The zero-order valence-corrected chi connectivity index (χ0v) is 17.7. The average Bonchev–Trinajstić information content (AvgIpc) is 3.41. The number of nitrogens with one attached hydrogen (secondary N) is 1. The highest BCUT2D eigenvalue weighted by Gasteiger charge is 2.48. The van der Waals surface area contributed by atoms with Crippen LogP contribution in [-0.4, -0.2) is 55.5 Å². The number of imidazole rings is 1. The van der Waals surface area contributed by atoms with Gasteiger partial charge in [0.05, 0.1) is 12.1 Å². The van der Waals surface area contributed by atoms with Crippen molar-refractivity contribution in [1.82, 2.24) is 24.4 Å². The maximum atomic E-state index is 12.9. The van der Waals surface area contributed by atoms with Crippen LogP contribution in [0.1, 0.15) is 27.9 Å². The van der Waals surface area contributed by atoms with Crippen molar-refractivity contribution in [1.29, 1.82) is 0 Å². The van der Waals surface area contributed by atoms with E-state index in [1.165, 1.54) is 6.20 Å². The number of fused-ring (bicyclic) bond motifs is 1. The first-order chi connectivity index (χ1) is 16.2. The summed E-state index contributed by atoms with van der Waals surface area (Å²) in [5.74, 6) is -2.32.